The third-order valence-corrected chi connectivity index (χ3v) is 4.34. The highest BCUT2D eigenvalue weighted by Gasteiger charge is 2.16. The molecule has 4 nitrogen and oxygen atoms in total. The number of oxime groups is 1. The number of nitrogens with zero attached hydrogens (tertiary/aromatic N) is 1. The topological polar surface area (TPSA) is 40.0 Å². The molecule has 1 aromatic carbocycles. The largest absolute Gasteiger partial charge is 0.493 e. The van der Waals surface area contributed by atoms with Gasteiger partial charge in [-0.05, 0) is 69.7 Å². The van der Waals surface area contributed by atoms with Crippen LogP contribution in [0.4, 0.5) is 0 Å². The van der Waals surface area contributed by atoms with E-state index in [0.717, 1.165) is 54.0 Å². The van der Waals surface area contributed by atoms with Gasteiger partial charge >= 0.3 is 0 Å². The minimum atomic E-state index is 0.211. The van der Waals surface area contributed by atoms with Gasteiger partial charge in [-0.1, -0.05) is 42.2 Å². The van der Waals surface area contributed by atoms with E-state index in [1.165, 1.54) is 5.56 Å². The van der Waals surface area contributed by atoms with Crippen LogP contribution in [0.15, 0.2) is 21.8 Å². The monoisotopic (exact) mass is 415 g/mol. The zero-order valence-electron chi connectivity index (χ0n) is 17.0. The summed E-state index contributed by atoms with van der Waals surface area (Å²) in [5, 5.41) is 3.93. The minimum absolute atomic E-state index is 0.211. The molecule has 0 atom stereocenters. The molecule has 0 aromatic heterocycles. The van der Waals surface area contributed by atoms with Crippen LogP contribution >= 0.6 is 23.2 Å². The van der Waals surface area contributed by atoms with Gasteiger partial charge in [0.2, 0.25) is 0 Å². The third kappa shape index (κ3) is 8.44. The first kappa shape index (κ1) is 23.6. The lowest BCUT2D eigenvalue weighted by molar-refractivity contribution is 0.135. The van der Waals surface area contributed by atoms with Gasteiger partial charge < -0.3 is 14.3 Å². The van der Waals surface area contributed by atoms with Gasteiger partial charge in [0.25, 0.3) is 0 Å². The van der Waals surface area contributed by atoms with Crippen LogP contribution in [-0.2, 0) is 17.7 Å². The van der Waals surface area contributed by atoms with Crippen molar-refractivity contribution in [1.29, 1.82) is 0 Å². The average Bonchev–Trinajstić information content (AvgIpc) is 2.62. The first-order valence-electron chi connectivity index (χ1n) is 9.45. The molecule has 1 rings (SSSR count). The highest BCUT2D eigenvalue weighted by atomic mass is 35.5. The molecule has 0 spiro atoms. The van der Waals surface area contributed by atoms with Crippen molar-refractivity contribution >= 4 is 28.9 Å². The van der Waals surface area contributed by atoms with E-state index in [9.17, 15) is 0 Å². The third-order valence-electron chi connectivity index (χ3n) is 4.03. The van der Waals surface area contributed by atoms with E-state index >= 15 is 0 Å². The minimum Gasteiger partial charge on any atom is -0.493 e. The van der Waals surface area contributed by atoms with Gasteiger partial charge in [-0.15, -0.1) is 0 Å². The van der Waals surface area contributed by atoms with Gasteiger partial charge in [0, 0.05) is 5.56 Å². The van der Waals surface area contributed by atoms with Crippen LogP contribution in [0.5, 0.6) is 11.5 Å². The highest BCUT2D eigenvalue weighted by molar-refractivity contribution is 6.55. The maximum Gasteiger partial charge on any atom is 0.126 e. The fourth-order valence-electron chi connectivity index (χ4n) is 2.68. The standard InChI is InChI=1S/C21H31Cl2NO3/c1-6-17-14-19(25-13-10-20(22)23)16(5)18(7-2)21(17)26-11-8-9-12-27-24-15(3)4/h10,14H,6-9,11-13H2,1-5H3. The zero-order valence-corrected chi connectivity index (χ0v) is 18.5. The molecule has 0 aliphatic carbocycles. The number of rotatable bonds is 12. The second-order valence-electron chi connectivity index (χ2n) is 6.41. The summed E-state index contributed by atoms with van der Waals surface area (Å²) in [6.07, 6.45) is 5.21. The zero-order chi connectivity index (χ0) is 20.2. The quantitative estimate of drug-likeness (QED) is 0.225. The number of unbranched alkanes of at least 4 members (excludes halogenated alkanes) is 1. The lowest BCUT2D eigenvalue weighted by atomic mass is 9.98. The second-order valence-corrected chi connectivity index (χ2v) is 7.41. The van der Waals surface area contributed by atoms with Crippen LogP contribution in [0.1, 0.15) is 57.2 Å². The van der Waals surface area contributed by atoms with Crippen molar-refractivity contribution in [2.45, 2.75) is 60.3 Å². The molecule has 0 unspecified atom stereocenters. The summed E-state index contributed by atoms with van der Waals surface area (Å²) >= 11 is 11.3. The molecule has 0 aliphatic rings. The Balaban J connectivity index is 2.76. The predicted octanol–water partition coefficient (Wildman–Crippen LogP) is 6.39. The van der Waals surface area contributed by atoms with Gasteiger partial charge in [-0.2, -0.15) is 0 Å². The van der Waals surface area contributed by atoms with Crippen molar-refractivity contribution in [2.24, 2.45) is 5.16 Å². The van der Waals surface area contributed by atoms with E-state index in [2.05, 4.69) is 32.0 Å². The molecule has 1 aromatic rings. The fourth-order valence-corrected chi connectivity index (χ4v) is 2.80. The molecule has 0 saturated heterocycles. The lowest BCUT2D eigenvalue weighted by Gasteiger charge is -2.20. The second kappa shape index (κ2) is 12.9. The molecule has 0 radical (unpaired) electrons. The molecule has 27 heavy (non-hydrogen) atoms. The number of hydrogen-bond donors (Lipinski definition) is 0. The van der Waals surface area contributed by atoms with Gasteiger partial charge in [0.1, 0.15) is 29.2 Å². The van der Waals surface area contributed by atoms with Crippen molar-refractivity contribution in [3.63, 3.8) is 0 Å². The molecule has 152 valence electrons. The summed E-state index contributed by atoms with van der Waals surface area (Å²) in [6.45, 7) is 11.7. The fraction of sp³-hybridized carbons (Fsp3) is 0.571. The molecule has 0 N–H and O–H groups in total. The number of aryl methyl sites for hydroxylation is 1. The first-order valence-corrected chi connectivity index (χ1v) is 10.2. The van der Waals surface area contributed by atoms with Crippen LogP contribution in [-0.4, -0.2) is 25.5 Å². The van der Waals surface area contributed by atoms with E-state index in [-0.39, 0.29) is 4.49 Å². The highest BCUT2D eigenvalue weighted by Crippen LogP contribution is 2.35. The van der Waals surface area contributed by atoms with Crippen LogP contribution in [0, 0.1) is 6.92 Å². The number of ether oxygens (including phenoxy) is 2. The van der Waals surface area contributed by atoms with E-state index in [4.69, 9.17) is 37.5 Å². The van der Waals surface area contributed by atoms with Crippen molar-refractivity contribution in [2.75, 3.05) is 19.8 Å². The Morgan fingerprint density at radius 1 is 1.07 bits per heavy atom. The summed E-state index contributed by atoms with van der Waals surface area (Å²) in [4.78, 5) is 5.22. The smallest absolute Gasteiger partial charge is 0.126 e. The Morgan fingerprint density at radius 3 is 2.37 bits per heavy atom. The molecule has 0 saturated carbocycles. The maximum absolute atomic E-state index is 6.16. The summed E-state index contributed by atoms with van der Waals surface area (Å²) in [5.41, 5.74) is 4.36. The first-order chi connectivity index (χ1) is 12.9. The van der Waals surface area contributed by atoms with Gasteiger partial charge in [0.05, 0.1) is 12.3 Å². The Bertz CT molecular complexity index is 649. The van der Waals surface area contributed by atoms with Gasteiger partial charge in [0.15, 0.2) is 0 Å². The van der Waals surface area contributed by atoms with Crippen molar-refractivity contribution in [1.82, 2.24) is 0 Å². The molecule has 0 fully saturated rings. The van der Waals surface area contributed by atoms with E-state index in [1.807, 2.05) is 13.8 Å². The molecule has 0 amide bonds. The molecular weight excluding hydrogens is 385 g/mol. The van der Waals surface area contributed by atoms with Gasteiger partial charge in [-0.3, -0.25) is 0 Å². The number of benzene rings is 1. The van der Waals surface area contributed by atoms with Crippen molar-refractivity contribution in [3.8, 4) is 11.5 Å². The SMILES string of the molecule is CCc1cc(OCC=C(Cl)Cl)c(C)c(CC)c1OCCCCON=C(C)C. The molecule has 0 bridgehead atoms. The summed E-state index contributed by atoms with van der Waals surface area (Å²) < 4.78 is 12.2. The average molecular weight is 416 g/mol. The van der Waals surface area contributed by atoms with Gasteiger partial charge in [-0.25, -0.2) is 0 Å². The van der Waals surface area contributed by atoms with Crippen LogP contribution in [0.25, 0.3) is 0 Å². The van der Waals surface area contributed by atoms with E-state index < -0.39 is 0 Å². The normalized spacial score (nSPS) is 10.3. The number of hydrogen-bond acceptors (Lipinski definition) is 4. The van der Waals surface area contributed by atoms with Crippen LogP contribution < -0.4 is 9.47 Å². The van der Waals surface area contributed by atoms with Crippen molar-refractivity contribution < 1.29 is 14.3 Å². The Hall–Kier alpha value is -1.39. The molecular formula is C21H31Cl2NO3. The van der Waals surface area contributed by atoms with E-state index in [0.29, 0.717) is 19.8 Å². The predicted molar refractivity (Wildman–Crippen MR) is 115 cm³/mol. The summed E-state index contributed by atoms with van der Waals surface area (Å²) in [5.74, 6) is 1.84. The lowest BCUT2D eigenvalue weighted by Crippen LogP contribution is -2.07. The van der Waals surface area contributed by atoms with E-state index in [1.54, 1.807) is 6.08 Å². The Kier molecular flexibility index (Phi) is 11.3. The summed E-state index contributed by atoms with van der Waals surface area (Å²) in [6, 6.07) is 2.06. The molecule has 0 heterocycles. The van der Waals surface area contributed by atoms with Crippen LogP contribution in [0.2, 0.25) is 0 Å². The maximum atomic E-state index is 6.16. The molecule has 0 aliphatic heterocycles. The Morgan fingerprint density at radius 2 is 1.78 bits per heavy atom. The van der Waals surface area contributed by atoms with Crippen molar-refractivity contribution in [3.05, 3.63) is 33.3 Å². The molecule has 6 heteroatoms. The number of halogens is 2. The Labute approximate surface area is 173 Å². The summed E-state index contributed by atoms with van der Waals surface area (Å²) in [7, 11) is 0. The van der Waals surface area contributed by atoms with Crippen LogP contribution in [0.3, 0.4) is 0 Å².